The average Bonchev–Trinajstić information content (AvgIpc) is 3.06. The molecule has 1 amide bonds. The van der Waals surface area contributed by atoms with E-state index in [1.807, 2.05) is 0 Å². The Kier molecular flexibility index (Phi) is 7.66. The summed E-state index contributed by atoms with van der Waals surface area (Å²) in [7, 11) is 0. The lowest BCUT2D eigenvalue weighted by Crippen LogP contribution is -2.30. The number of esters is 1. The zero-order chi connectivity index (χ0) is 21.8. The highest BCUT2D eigenvalue weighted by Crippen LogP contribution is 2.41. The van der Waals surface area contributed by atoms with Gasteiger partial charge >= 0.3 is 5.97 Å². The van der Waals surface area contributed by atoms with Gasteiger partial charge < -0.3 is 14.8 Å². The van der Waals surface area contributed by atoms with Crippen LogP contribution in [0.4, 0.5) is 5.00 Å². The van der Waals surface area contributed by atoms with E-state index in [1.54, 1.807) is 32.0 Å². The van der Waals surface area contributed by atoms with Gasteiger partial charge in [-0.05, 0) is 62.8 Å². The van der Waals surface area contributed by atoms with Crippen LogP contribution in [-0.4, -0.2) is 24.6 Å². The Morgan fingerprint density at radius 3 is 2.73 bits per heavy atom. The summed E-state index contributed by atoms with van der Waals surface area (Å²) >= 11 is 13.5. The van der Waals surface area contributed by atoms with E-state index in [-0.39, 0.29) is 12.5 Å². The summed E-state index contributed by atoms with van der Waals surface area (Å²) in [5.74, 6) is 0.210. The highest BCUT2D eigenvalue weighted by Gasteiger charge is 2.30. The number of nitrogens with one attached hydrogen (secondary N) is 1. The lowest BCUT2D eigenvalue weighted by atomic mass is 9.85. The molecule has 1 aliphatic carbocycles. The summed E-state index contributed by atoms with van der Waals surface area (Å²) in [5, 5.41) is 4.21. The van der Waals surface area contributed by atoms with Crippen molar-refractivity contribution in [1.29, 1.82) is 0 Å². The molecule has 2 aromatic rings. The van der Waals surface area contributed by atoms with Crippen molar-refractivity contribution in [3.63, 3.8) is 0 Å². The molecule has 30 heavy (non-hydrogen) atoms. The maximum absolute atomic E-state index is 12.8. The lowest BCUT2D eigenvalue weighted by molar-refractivity contribution is -0.122. The minimum absolute atomic E-state index is 0.281. The first kappa shape index (κ1) is 22.9. The molecule has 8 heteroatoms. The van der Waals surface area contributed by atoms with E-state index < -0.39 is 12.1 Å². The predicted molar refractivity (Wildman–Crippen MR) is 121 cm³/mol. The molecule has 5 nitrogen and oxygen atoms in total. The Bertz CT molecular complexity index is 943. The second kappa shape index (κ2) is 10.0. The van der Waals surface area contributed by atoms with Gasteiger partial charge in [-0.2, -0.15) is 0 Å². The Balaban J connectivity index is 1.81. The summed E-state index contributed by atoms with van der Waals surface area (Å²) in [6, 6.07) is 4.82. The largest absolute Gasteiger partial charge is 0.479 e. The number of carbonyl (C=O) groups excluding carboxylic acids is 2. The van der Waals surface area contributed by atoms with Crippen molar-refractivity contribution in [2.24, 2.45) is 5.92 Å². The molecule has 1 aromatic heterocycles. The van der Waals surface area contributed by atoms with Gasteiger partial charge in [-0.15, -0.1) is 11.3 Å². The summed E-state index contributed by atoms with van der Waals surface area (Å²) in [5.41, 5.74) is 1.49. The van der Waals surface area contributed by atoms with Gasteiger partial charge in [-0.3, -0.25) is 4.79 Å². The first-order chi connectivity index (χ1) is 14.3. The van der Waals surface area contributed by atoms with Crippen LogP contribution in [0.15, 0.2) is 18.2 Å². The Hall–Kier alpha value is -1.76. The smallest absolute Gasteiger partial charge is 0.341 e. The molecule has 0 spiro atoms. The number of halogens is 2. The maximum atomic E-state index is 12.8. The van der Waals surface area contributed by atoms with Crippen molar-refractivity contribution in [3.8, 4) is 5.75 Å². The molecular weight excluding hydrogens is 445 g/mol. The average molecular weight is 470 g/mol. The molecular formula is C22H25Cl2NO4S. The van der Waals surface area contributed by atoms with E-state index in [1.165, 1.54) is 11.3 Å². The summed E-state index contributed by atoms with van der Waals surface area (Å²) in [6.45, 7) is 5.86. The second-order valence-electron chi connectivity index (χ2n) is 7.27. The van der Waals surface area contributed by atoms with Crippen LogP contribution in [0.2, 0.25) is 10.0 Å². The minimum atomic E-state index is -0.818. The SMILES string of the molecule is CCOC(=O)c1c(NC(=O)C(C)Oc2ccc(Cl)cc2Cl)sc2c1CCC(CC)C2. The fourth-order valence-corrected chi connectivity index (χ4v) is 5.34. The monoisotopic (exact) mass is 469 g/mol. The van der Waals surface area contributed by atoms with Gasteiger partial charge in [0.1, 0.15) is 10.8 Å². The topological polar surface area (TPSA) is 64.6 Å². The number of fused-ring (bicyclic) bond motifs is 1. The van der Waals surface area contributed by atoms with Crippen LogP contribution in [0.25, 0.3) is 0 Å². The number of rotatable bonds is 7. The highest BCUT2D eigenvalue weighted by atomic mass is 35.5. The number of hydrogen-bond donors (Lipinski definition) is 1. The van der Waals surface area contributed by atoms with Crippen LogP contribution >= 0.6 is 34.5 Å². The maximum Gasteiger partial charge on any atom is 0.341 e. The molecule has 1 aliphatic rings. The van der Waals surface area contributed by atoms with Gasteiger partial charge in [0, 0.05) is 9.90 Å². The van der Waals surface area contributed by atoms with Crippen molar-refractivity contribution in [2.75, 3.05) is 11.9 Å². The fraction of sp³-hybridized carbons (Fsp3) is 0.455. The fourth-order valence-electron chi connectivity index (χ4n) is 3.54. The van der Waals surface area contributed by atoms with Crippen LogP contribution < -0.4 is 10.1 Å². The first-order valence-electron chi connectivity index (χ1n) is 10.1. The van der Waals surface area contributed by atoms with Crippen molar-refractivity contribution >= 4 is 51.4 Å². The summed E-state index contributed by atoms with van der Waals surface area (Å²) in [4.78, 5) is 26.6. The number of carbonyl (C=O) groups is 2. The molecule has 2 unspecified atom stereocenters. The van der Waals surface area contributed by atoms with Gasteiger partial charge in [-0.1, -0.05) is 36.5 Å². The number of ether oxygens (including phenoxy) is 2. The van der Waals surface area contributed by atoms with Crippen molar-refractivity contribution in [1.82, 2.24) is 0 Å². The molecule has 0 bridgehead atoms. The van der Waals surface area contributed by atoms with Gasteiger partial charge in [-0.25, -0.2) is 4.79 Å². The third-order valence-corrected chi connectivity index (χ3v) is 6.93. The quantitative estimate of drug-likeness (QED) is 0.493. The molecule has 0 radical (unpaired) electrons. The molecule has 1 aromatic carbocycles. The van der Waals surface area contributed by atoms with E-state index in [4.69, 9.17) is 32.7 Å². The van der Waals surface area contributed by atoms with E-state index in [0.717, 1.165) is 36.1 Å². The molecule has 1 heterocycles. The van der Waals surface area contributed by atoms with Crippen LogP contribution in [-0.2, 0) is 22.4 Å². The van der Waals surface area contributed by atoms with Crippen LogP contribution in [0.1, 0.15) is 54.4 Å². The Labute approximate surface area is 190 Å². The molecule has 162 valence electrons. The number of benzene rings is 1. The van der Waals surface area contributed by atoms with E-state index in [2.05, 4.69) is 12.2 Å². The molecule has 0 saturated heterocycles. The Morgan fingerprint density at radius 2 is 2.07 bits per heavy atom. The van der Waals surface area contributed by atoms with E-state index in [0.29, 0.717) is 32.3 Å². The van der Waals surface area contributed by atoms with Gasteiger partial charge in [0.2, 0.25) is 0 Å². The van der Waals surface area contributed by atoms with Gasteiger partial charge in [0.25, 0.3) is 5.91 Å². The summed E-state index contributed by atoms with van der Waals surface area (Å²) < 4.78 is 11.0. The number of hydrogen-bond acceptors (Lipinski definition) is 5. The number of anilines is 1. The zero-order valence-corrected chi connectivity index (χ0v) is 19.5. The van der Waals surface area contributed by atoms with Crippen molar-refractivity contribution in [2.45, 2.75) is 52.6 Å². The van der Waals surface area contributed by atoms with Crippen LogP contribution in [0.5, 0.6) is 5.75 Å². The third-order valence-electron chi connectivity index (χ3n) is 5.23. The number of amides is 1. The van der Waals surface area contributed by atoms with E-state index in [9.17, 15) is 9.59 Å². The zero-order valence-electron chi connectivity index (χ0n) is 17.2. The molecule has 0 aliphatic heterocycles. The Morgan fingerprint density at radius 1 is 1.30 bits per heavy atom. The predicted octanol–water partition coefficient (Wildman–Crippen LogP) is 6.15. The minimum Gasteiger partial charge on any atom is -0.479 e. The molecule has 0 saturated carbocycles. The molecule has 0 fully saturated rings. The standard InChI is InChI=1S/C22H25Cl2NO4S/c1-4-13-6-8-15-18(10-13)30-21(19(15)22(27)28-5-2)25-20(26)12(3)29-17-9-7-14(23)11-16(17)24/h7,9,11-13H,4-6,8,10H2,1-3H3,(H,25,26). The van der Waals surface area contributed by atoms with Crippen LogP contribution in [0, 0.1) is 5.92 Å². The molecule has 2 atom stereocenters. The van der Waals surface area contributed by atoms with Crippen LogP contribution in [0.3, 0.4) is 0 Å². The lowest BCUT2D eigenvalue weighted by Gasteiger charge is -2.21. The number of thiophene rings is 1. The molecule has 1 N–H and O–H groups in total. The molecule has 3 rings (SSSR count). The van der Waals surface area contributed by atoms with Crippen molar-refractivity contribution in [3.05, 3.63) is 44.2 Å². The third kappa shape index (κ3) is 5.10. The van der Waals surface area contributed by atoms with Gasteiger partial charge in [0.15, 0.2) is 6.10 Å². The summed E-state index contributed by atoms with van der Waals surface area (Å²) in [6.07, 6.45) is 3.06. The van der Waals surface area contributed by atoms with Gasteiger partial charge in [0.05, 0.1) is 17.2 Å². The van der Waals surface area contributed by atoms with Crippen molar-refractivity contribution < 1.29 is 19.1 Å². The normalized spacial score (nSPS) is 16.5. The highest BCUT2D eigenvalue weighted by molar-refractivity contribution is 7.17. The second-order valence-corrected chi connectivity index (χ2v) is 9.22. The van der Waals surface area contributed by atoms with E-state index >= 15 is 0 Å². The first-order valence-corrected chi connectivity index (χ1v) is 11.6.